The Kier molecular flexibility index (Phi) is 4.32. The summed E-state index contributed by atoms with van der Waals surface area (Å²) >= 11 is 6.27. The molecular formula is C19H13ClF2N4O2. The van der Waals surface area contributed by atoms with Crippen LogP contribution in [0.2, 0.25) is 5.02 Å². The number of halogens is 3. The summed E-state index contributed by atoms with van der Waals surface area (Å²) in [4.78, 5) is 15.8. The molecular weight excluding hydrogens is 390 g/mol. The molecule has 2 aromatic heterocycles. The van der Waals surface area contributed by atoms with Crippen LogP contribution < -0.4 is 10.3 Å². The molecule has 0 atom stereocenters. The average molecular weight is 403 g/mol. The Hall–Kier alpha value is -3.31. The van der Waals surface area contributed by atoms with E-state index < -0.39 is 6.61 Å². The van der Waals surface area contributed by atoms with Crippen molar-refractivity contribution >= 4 is 33.4 Å². The van der Waals surface area contributed by atoms with Gasteiger partial charge in [0.2, 0.25) is 0 Å². The number of aryl methyl sites for hydroxylation is 1. The largest absolute Gasteiger partial charge is 0.434 e. The minimum atomic E-state index is -3.02. The van der Waals surface area contributed by atoms with Gasteiger partial charge in [0.15, 0.2) is 0 Å². The molecule has 0 aliphatic heterocycles. The quantitative estimate of drug-likeness (QED) is 0.533. The second-order valence-corrected chi connectivity index (χ2v) is 6.72. The SMILES string of the molecule is Cc1cc(OC(F)F)c(Cn2[nH]c3ccc(C#N)cc3c2=O)c2c(Cl)c[nH]c12. The standard InChI is InChI=1S/C19H13ClF2N4O2/c1-9-4-15(28-19(21)22)12(16-13(20)7-24-17(9)16)8-26-18(27)11-5-10(6-23)2-3-14(11)25-26/h2-5,7,19,24-25H,8H2,1H3. The Morgan fingerprint density at radius 1 is 1.36 bits per heavy atom. The average Bonchev–Trinajstić information content (AvgIpc) is 3.19. The van der Waals surface area contributed by atoms with Gasteiger partial charge in [0.25, 0.3) is 5.56 Å². The summed E-state index contributed by atoms with van der Waals surface area (Å²) < 4.78 is 31.9. The van der Waals surface area contributed by atoms with E-state index in [-0.39, 0.29) is 17.9 Å². The molecule has 4 aromatic rings. The number of H-pyrrole nitrogens is 2. The number of alkyl halides is 2. The second-order valence-electron chi connectivity index (χ2n) is 6.31. The van der Waals surface area contributed by atoms with Crippen LogP contribution in [0.25, 0.3) is 21.8 Å². The molecule has 0 spiro atoms. The molecule has 2 aromatic carbocycles. The Morgan fingerprint density at radius 3 is 2.86 bits per heavy atom. The van der Waals surface area contributed by atoms with Crippen LogP contribution in [-0.4, -0.2) is 21.4 Å². The Morgan fingerprint density at radius 2 is 2.14 bits per heavy atom. The molecule has 0 aliphatic carbocycles. The first-order chi connectivity index (χ1) is 13.4. The van der Waals surface area contributed by atoms with Crippen molar-refractivity contribution in [3.63, 3.8) is 0 Å². The third kappa shape index (κ3) is 2.90. The van der Waals surface area contributed by atoms with Gasteiger partial charge >= 0.3 is 6.61 Å². The van der Waals surface area contributed by atoms with Crippen LogP contribution in [0.3, 0.4) is 0 Å². The Balaban J connectivity index is 1.92. The molecule has 0 saturated carbocycles. The number of aromatic nitrogens is 3. The van der Waals surface area contributed by atoms with Crippen molar-refractivity contribution in [3.8, 4) is 11.8 Å². The fourth-order valence-electron chi connectivity index (χ4n) is 3.34. The van der Waals surface area contributed by atoms with Crippen LogP contribution in [-0.2, 0) is 6.54 Å². The van der Waals surface area contributed by atoms with Crippen molar-refractivity contribution in [2.24, 2.45) is 0 Å². The smallest absolute Gasteiger partial charge is 0.387 e. The van der Waals surface area contributed by atoms with Crippen molar-refractivity contribution < 1.29 is 13.5 Å². The molecule has 4 rings (SSSR count). The summed E-state index contributed by atoms with van der Waals surface area (Å²) in [6.45, 7) is -1.34. The first-order valence-corrected chi connectivity index (χ1v) is 8.63. The topological polar surface area (TPSA) is 86.6 Å². The zero-order chi connectivity index (χ0) is 20.0. The van der Waals surface area contributed by atoms with Gasteiger partial charge in [0, 0.05) is 17.1 Å². The van der Waals surface area contributed by atoms with Gasteiger partial charge in [-0.3, -0.25) is 9.89 Å². The van der Waals surface area contributed by atoms with Crippen LogP contribution in [0.1, 0.15) is 16.7 Å². The summed E-state index contributed by atoms with van der Waals surface area (Å²) in [6, 6.07) is 8.15. The Labute approximate surface area is 161 Å². The number of rotatable bonds is 4. The van der Waals surface area contributed by atoms with Crippen molar-refractivity contribution in [2.45, 2.75) is 20.1 Å². The molecule has 0 radical (unpaired) electrons. The molecule has 142 valence electrons. The third-order valence-electron chi connectivity index (χ3n) is 4.59. The van der Waals surface area contributed by atoms with E-state index in [0.29, 0.717) is 43.5 Å². The van der Waals surface area contributed by atoms with E-state index in [4.69, 9.17) is 21.6 Å². The van der Waals surface area contributed by atoms with Gasteiger partial charge in [0.1, 0.15) is 5.75 Å². The van der Waals surface area contributed by atoms with Crippen molar-refractivity contribution in [3.05, 3.63) is 62.5 Å². The van der Waals surface area contributed by atoms with Crippen LogP contribution >= 0.6 is 11.6 Å². The van der Waals surface area contributed by atoms with Gasteiger partial charge in [-0.1, -0.05) is 11.6 Å². The zero-order valence-corrected chi connectivity index (χ0v) is 15.3. The van der Waals surface area contributed by atoms with Crippen LogP contribution in [0.4, 0.5) is 8.78 Å². The van der Waals surface area contributed by atoms with Gasteiger partial charge in [-0.05, 0) is 36.8 Å². The summed E-state index contributed by atoms with van der Waals surface area (Å²) in [5, 5.41) is 13.1. The highest BCUT2D eigenvalue weighted by molar-refractivity contribution is 6.36. The molecule has 2 N–H and O–H groups in total. The predicted molar refractivity (Wildman–Crippen MR) is 101 cm³/mol. The van der Waals surface area contributed by atoms with Gasteiger partial charge in [0.05, 0.1) is 39.6 Å². The second kappa shape index (κ2) is 6.69. The van der Waals surface area contributed by atoms with E-state index >= 15 is 0 Å². The maximum absolute atomic E-state index is 13.0. The number of hydrogen-bond donors (Lipinski definition) is 2. The van der Waals surface area contributed by atoms with Gasteiger partial charge in [-0.15, -0.1) is 0 Å². The summed E-state index contributed by atoms with van der Waals surface area (Å²) in [6.07, 6.45) is 1.56. The lowest BCUT2D eigenvalue weighted by molar-refractivity contribution is -0.0504. The van der Waals surface area contributed by atoms with E-state index in [0.717, 1.165) is 0 Å². The van der Waals surface area contributed by atoms with E-state index in [1.165, 1.54) is 16.8 Å². The summed E-state index contributed by atoms with van der Waals surface area (Å²) in [5.41, 5.74) is 2.21. The fourth-order valence-corrected chi connectivity index (χ4v) is 3.60. The molecule has 0 unspecified atom stereocenters. The molecule has 0 saturated heterocycles. The number of aromatic amines is 2. The maximum atomic E-state index is 13.0. The molecule has 0 aliphatic rings. The zero-order valence-electron chi connectivity index (χ0n) is 14.5. The molecule has 9 heteroatoms. The van der Waals surface area contributed by atoms with E-state index in [2.05, 4.69) is 10.1 Å². The van der Waals surface area contributed by atoms with Crippen LogP contribution in [0.15, 0.2) is 35.3 Å². The number of benzene rings is 2. The van der Waals surface area contributed by atoms with E-state index in [1.807, 2.05) is 6.07 Å². The highest BCUT2D eigenvalue weighted by atomic mass is 35.5. The normalized spacial score (nSPS) is 11.4. The first-order valence-electron chi connectivity index (χ1n) is 8.25. The number of fused-ring (bicyclic) bond motifs is 2. The number of nitrogens with one attached hydrogen (secondary N) is 2. The maximum Gasteiger partial charge on any atom is 0.387 e. The Bertz CT molecular complexity index is 1310. The van der Waals surface area contributed by atoms with Crippen molar-refractivity contribution in [1.29, 1.82) is 5.26 Å². The molecule has 0 fully saturated rings. The van der Waals surface area contributed by atoms with Crippen LogP contribution in [0.5, 0.6) is 5.75 Å². The number of hydrogen-bond acceptors (Lipinski definition) is 3. The molecule has 2 heterocycles. The lowest BCUT2D eigenvalue weighted by atomic mass is 10.0. The first kappa shape index (κ1) is 18.1. The van der Waals surface area contributed by atoms with Crippen molar-refractivity contribution in [2.75, 3.05) is 0 Å². The van der Waals surface area contributed by atoms with Gasteiger partial charge < -0.3 is 9.72 Å². The monoisotopic (exact) mass is 402 g/mol. The van der Waals surface area contributed by atoms with Gasteiger partial charge in [-0.25, -0.2) is 4.68 Å². The van der Waals surface area contributed by atoms with E-state index in [9.17, 15) is 13.6 Å². The molecule has 0 bridgehead atoms. The van der Waals surface area contributed by atoms with E-state index in [1.54, 1.807) is 25.3 Å². The molecule has 28 heavy (non-hydrogen) atoms. The molecule has 6 nitrogen and oxygen atoms in total. The van der Waals surface area contributed by atoms with Crippen molar-refractivity contribution in [1.82, 2.24) is 14.8 Å². The van der Waals surface area contributed by atoms with Crippen LogP contribution in [0, 0.1) is 18.3 Å². The predicted octanol–water partition coefficient (Wildman–Crippen LogP) is 4.29. The lowest BCUT2D eigenvalue weighted by Gasteiger charge is -2.14. The fraction of sp³-hybridized carbons (Fsp3) is 0.158. The third-order valence-corrected chi connectivity index (χ3v) is 4.88. The highest BCUT2D eigenvalue weighted by Crippen LogP contribution is 2.36. The highest BCUT2D eigenvalue weighted by Gasteiger charge is 2.20. The minimum Gasteiger partial charge on any atom is -0.434 e. The minimum absolute atomic E-state index is 0.0511. The summed E-state index contributed by atoms with van der Waals surface area (Å²) in [5.74, 6) is -0.0511. The number of ether oxygens (including phenoxy) is 1. The number of nitriles is 1. The lowest BCUT2D eigenvalue weighted by Crippen LogP contribution is -2.18. The van der Waals surface area contributed by atoms with Gasteiger partial charge in [-0.2, -0.15) is 14.0 Å². The number of nitrogens with zero attached hydrogens (tertiary/aromatic N) is 2. The summed E-state index contributed by atoms with van der Waals surface area (Å²) in [7, 11) is 0. The molecule has 0 amide bonds.